The zero-order chi connectivity index (χ0) is 8.81. The summed E-state index contributed by atoms with van der Waals surface area (Å²) in [5.74, 6) is 1.22. The molecule has 2 heteroatoms. The number of rotatable bonds is 2. The molecular formula is C10H18OS. The van der Waals surface area contributed by atoms with Gasteiger partial charge in [0.2, 0.25) is 0 Å². The minimum atomic E-state index is 0.595. The second-order valence-corrected chi connectivity index (χ2v) is 4.45. The van der Waals surface area contributed by atoms with Crippen LogP contribution in [0, 0.1) is 0 Å². The molecule has 0 aliphatic carbocycles. The lowest BCUT2D eigenvalue weighted by atomic mass is 10.2. The minimum Gasteiger partial charge on any atom is -0.498 e. The van der Waals surface area contributed by atoms with Gasteiger partial charge in [-0.3, -0.25) is 0 Å². The van der Waals surface area contributed by atoms with Crippen molar-refractivity contribution >= 4 is 11.8 Å². The van der Waals surface area contributed by atoms with Crippen LogP contribution in [-0.4, -0.2) is 18.1 Å². The Morgan fingerprint density at radius 2 is 2.25 bits per heavy atom. The van der Waals surface area contributed by atoms with Crippen molar-refractivity contribution in [3.8, 4) is 0 Å². The second-order valence-electron chi connectivity index (χ2n) is 3.23. The molecule has 12 heavy (non-hydrogen) atoms. The molecule has 0 aromatic rings. The third-order valence-corrected chi connectivity index (χ3v) is 3.03. The van der Waals surface area contributed by atoms with Gasteiger partial charge in [0, 0.05) is 11.7 Å². The van der Waals surface area contributed by atoms with Crippen LogP contribution in [-0.2, 0) is 4.74 Å². The quantitative estimate of drug-likeness (QED) is 0.655. The van der Waals surface area contributed by atoms with Gasteiger partial charge >= 0.3 is 0 Å². The van der Waals surface area contributed by atoms with Gasteiger partial charge in [0.15, 0.2) is 0 Å². The molecule has 0 bridgehead atoms. The van der Waals surface area contributed by atoms with E-state index in [4.69, 9.17) is 4.74 Å². The normalized spacial score (nSPS) is 24.7. The highest BCUT2D eigenvalue weighted by molar-refractivity contribution is 7.99. The van der Waals surface area contributed by atoms with Crippen molar-refractivity contribution in [2.24, 2.45) is 0 Å². The Morgan fingerprint density at radius 1 is 1.42 bits per heavy atom. The molecule has 1 aliphatic rings. The highest BCUT2D eigenvalue weighted by Gasteiger charge is 2.05. The molecule has 1 rings (SSSR count). The fourth-order valence-corrected chi connectivity index (χ4v) is 1.60. The number of ether oxygens (including phenoxy) is 1. The van der Waals surface area contributed by atoms with Gasteiger partial charge in [0.1, 0.15) is 0 Å². The van der Waals surface area contributed by atoms with Gasteiger partial charge in [-0.25, -0.2) is 0 Å². The van der Waals surface area contributed by atoms with Crippen molar-refractivity contribution in [1.29, 1.82) is 0 Å². The molecule has 0 amide bonds. The molecule has 0 spiro atoms. The summed E-state index contributed by atoms with van der Waals surface area (Å²) >= 11 is 1.87. The van der Waals surface area contributed by atoms with Crippen molar-refractivity contribution in [3.05, 3.63) is 11.8 Å². The second kappa shape index (κ2) is 5.52. The maximum Gasteiger partial charge on any atom is 0.0930 e. The standard InChI is InChI=1S/C10H18OS/c1-9(12-2)8-10-6-4-3-5-7-11-10/h8-9H,3-7H2,1-2H3/b10-8-. The van der Waals surface area contributed by atoms with E-state index in [1.165, 1.54) is 25.0 Å². The molecule has 0 aromatic heterocycles. The Balaban J connectivity index is 2.41. The molecule has 1 saturated heterocycles. The lowest BCUT2D eigenvalue weighted by molar-refractivity contribution is 0.212. The summed E-state index contributed by atoms with van der Waals surface area (Å²) in [6.45, 7) is 3.14. The fourth-order valence-electron chi connectivity index (χ4n) is 1.31. The van der Waals surface area contributed by atoms with Crippen LogP contribution in [0.3, 0.4) is 0 Å². The summed E-state index contributed by atoms with van der Waals surface area (Å²) in [4.78, 5) is 0. The van der Waals surface area contributed by atoms with Crippen molar-refractivity contribution < 1.29 is 4.74 Å². The van der Waals surface area contributed by atoms with Gasteiger partial charge < -0.3 is 4.74 Å². The first-order chi connectivity index (χ1) is 5.83. The van der Waals surface area contributed by atoms with Crippen LogP contribution >= 0.6 is 11.8 Å². The van der Waals surface area contributed by atoms with Crippen molar-refractivity contribution in [2.75, 3.05) is 12.9 Å². The SMILES string of the molecule is CSC(C)/C=C1/CCCCCO1. The Kier molecular flexibility index (Phi) is 4.59. The van der Waals surface area contributed by atoms with Crippen LogP contribution in [0.1, 0.15) is 32.6 Å². The molecule has 1 fully saturated rings. The Labute approximate surface area is 79.6 Å². The molecule has 70 valence electrons. The molecule has 1 atom stereocenters. The van der Waals surface area contributed by atoms with E-state index in [0.717, 1.165) is 13.0 Å². The van der Waals surface area contributed by atoms with Gasteiger partial charge in [-0.2, -0.15) is 11.8 Å². The summed E-state index contributed by atoms with van der Waals surface area (Å²) < 4.78 is 5.62. The average Bonchev–Trinajstić information content (AvgIpc) is 2.33. The van der Waals surface area contributed by atoms with E-state index in [2.05, 4.69) is 19.3 Å². The van der Waals surface area contributed by atoms with Crippen LogP contribution in [0.5, 0.6) is 0 Å². The maximum atomic E-state index is 5.62. The predicted octanol–water partition coefficient (Wildman–Crippen LogP) is 3.21. The lowest BCUT2D eigenvalue weighted by Crippen LogP contribution is -1.96. The van der Waals surface area contributed by atoms with Crippen LogP contribution < -0.4 is 0 Å². The van der Waals surface area contributed by atoms with Gasteiger partial charge in [-0.1, -0.05) is 0 Å². The molecule has 0 N–H and O–H groups in total. The van der Waals surface area contributed by atoms with Crippen LogP contribution in [0.15, 0.2) is 11.8 Å². The minimum absolute atomic E-state index is 0.595. The van der Waals surface area contributed by atoms with E-state index >= 15 is 0 Å². The van der Waals surface area contributed by atoms with Crippen LogP contribution in [0.4, 0.5) is 0 Å². The van der Waals surface area contributed by atoms with E-state index in [1.807, 2.05) is 11.8 Å². The van der Waals surface area contributed by atoms with Crippen molar-refractivity contribution in [1.82, 2.24) is 0 Å². The van der Waals surface area contributed by atoms with Gasteiger partial charge in [-0.15, -0.1) is 0 Å². The van der Waals surface area contributed by atoms with Gasteiger partial charge in [-0.05, 0) is 38.5 Å². The first-order valence-electron chi connectivity index (χ1n) is 4.69. The molecule has 0 saturated carbocycles. The largest absolute Gasteiger partial charge is 0.498 e. The van der Waals surface area contributed by atoms with E-state index in [0.29, 0.717) is 5.25 Å². The van der Waals surface area contributed by atoms with Gasteiger partial charge in [0.05, 0.1) is 12.4 Å². The molecular weight excluding hydrogens is 168 g/mol. The summed E-state index contributed by atoms with van der Waals surface area (Å²) in [6.07, 6.45) is 9.39. The van der Waals surface area contributed by atoms with E-state index in [1.54, 1.807) is 0 Å². The Hall–Kier alpha value is -0.110. The highest BCUT2D eigenvalue weighted by Crippen LogP contribution is 2.19. The number of hydrogen-bond donors (Lipinski definition) is 0. The molecule has 1 heterocycles. The summed E-state index contributed by atoms with van der Waals surface area (Å²) in [5, 5.41) is 0.595. The first-order valence-corrected chi connectivity index (χ1v) is 5.98. The fraction of sp³-hybridized carbons (Fsp3) is 0.800. The van der Waals surface area contributed by atoms with E-state index in [9.17, 15) is 0 Å². The zero-order valence-electron chi connectivity index (χ0n) is 8.01. The van der Waals surface area contributed by atoms with E-state index in [-0.39, 0.29) is 0 Å². The predicted molar refractivity (Wildman–Crippen MR) is 55.5 cm³/mol. The molecule has 1 unspecified atom stereocenters. The van der Waals surface area contributed by atoms with E-state index < -0.39 is 0 Å². The van der Waals surface area contributed by atoms with Crippen molar-refractivity contribution in [3.63, 3.8) is 0 Å². The third kappa shape index (κ3) is 3.53. The Bertz CT molecular complexity index is 144. The number of allylic oxidation sites excluding steroid dienone is 1. The zero-order valence-corrected chi connectivity index (χ0v) is 8.82. The van der Waals surface area contributed by atoms with Crippen molar-refractivity contribution in [2.45, 2.75) is 37.9 Å². The topological polar surface area (TPSA) is 9.23 Å². The number of hydrogen-bond acceptors (Lipinski definition) is 2. The van der Waals surface area contributed by atoms with Crippen LogP contribution in [0.25, 0.3) is 0 Å². The summed E-state index contributed by atoms with van der Waals surface area (Å²) in [5.41, 5.74) is 0. The third-order valence-electron chi connectivity index (χ3n) is 2.15. The lowest BCUT2D eigenvalue weighted by Gasteiger charge is -2.08. The highest BCUT2D eigenvalue weighted by atomic mass is 32.2. The summed E-state index contributed by atoms with van der Waals surface area (Å²) in [7, 11) is 0. The molecule has 1 aliphatic heterocycles. The molecule has 0 aromatic carbocycles. The first kappa shape index (κ1) is 9.97. The molecule has 1 nitrogen and oxygen atoms in total. The smallest absolute Gasteiger partial charge is 0.0930 e. The monoisotopic (exact) mass is 186 g/mol. The maximum absolute atomic E-state index is 5.62. The Morgan fingerprint density at radius 3 is 3.00 bits per heavy atom. The average molecular weight is 186 g/mol. The van der Waals surface area contributed by atoms with Gasteiger partial charge in [0.25, 0.3) is 0 Å². The van der Waals surface area contributed by atoms with Crippen LogP contribution in [0.2, 0.25) is 0 Å². The number of thioether (sulfide) groups is 1. The summed E-state index contributed by atoms with van der Waals surface area (Å²) in [6, 6.07) is 0. The molecule has 0 radical (unpaired) electrons.